The van der Waals surface area contributed by atoms with Gasteiger partial charge in [0.2, 0.25) is 0 Å². The molecule has 1 fully saturated rings. The molecule has 0 spiro atoms. The van der Waals surface area contributed by atoms with Crippen LogP contribution in [0.3, 0.4) is 0 Å². The molecule has 0 aliphatic carbocycles. The SMILES string of the molecule is [N-]=[N+]=NC[C@H]1[C@@H](O)[C@H](n2cnc3c(N)ncnc32)O[C@@H]1CO. The Morgan fingerprint density at radius 3 is 3.00 bits per heavy atom. The lowest BCUT2D eigenvalue weighted by molar-refractivity contribution is -0.0492. The molecule has 2 aromatic rings. The summed E-state index contributed by atoms with van der Waals surface area (Å²) >= 11 is 0. The van der Waals surface area contributed by atoms with Gasteiger partial charge in [0.25, 0.3) is 0 Å². The minimum Gasteiger partial charge on any atom is -0.394 e. The Bertz CT molecular complexity index is 727. The summed E-state index contributed by atoms with van der Waals surface area (Å²) in [5, 5.41) is 23.3. The van der Waals surface area contributed by atoms with Gasteiger partial charge in [0, 0.05) is 17.4 Å². The fourth-order valence-electron chi connectivity index (χ4n) is 2.61. The van der Waals surface area contributed by atoms with Crippen molar-refractivity contribution >= 4 is 17.0 Å². The molecule has 2 aromatic heterocycles. The molecule has 0 radical (unpaired) electrons. The number of rotatable bonds is 4. The lowest BCUT2D eigenvalue weighted by atomic mass is 9.98. The zero-order valence-electron chi connectivity index (χ0n) is 11.4. The Balaban J connectivity index is 1.97. The first-order valence-corrected chi connectivity index (χ1v) is 6.55. The fourth-order valence-corrected chi connectivity index (χ4v) is 2.61. The van der Waals surface area contributed by atoms with Crippen LogP contribution in [-0.2, 0) is 4.74 Å². The van der Waals surface area contributed by atoms with Crippen LogP contribution < -0.4 is 5.73 Å². The largest absolute Gasteiger partial charge is 0.394 e. The molecule has 11 heteroatoms. The number of hydrogen-bond donors (Lipinski definition) is 3. The second-order valence-electron chi connectivity index (χ2n) is 4.90. The van der Waals surface area contributed by atoms with Crippen molar-refractivity contribution in [1.29, 1.82) is 0 Å². The number of aliphatic hydroxyl groups is 2. The van der Waals surface area contributed by atoms with E-state index >= 15 is 0 Å². The first-order chi connectivity index (χ1) is 10.7. The maximum Gasteiger partial charge on any atom is 0.167 e. The van der Waals surface area contributed by atoms with Gasteiger partial charge in [-0.25, -0.2) is 15.0 Å². The van der Waals surface area contributed by atoms with E-state index in [0.717, 1.165) is 0 Å². The summed E-state index contributed by atoms with van der Waals surface area (Å²) in [6.07, 6.45) is 0.278. The van der Waals surface area contributed by atoms with Crippen molar-refractivity contribution in [3.8, 4) is 0 Å². The number of imidazole rings is 1. The summed E-state index contributed by atoms with van der Waals surface area (Å²) in [5.41, 5.74) is 15.0. The van der Waals surface area contributed by atoms with E-state index in [1.165, 1.54) is 17.2 Å². The van der Waals surface area contributed by atoms with Gasteiger partial charge >= 0.3 is 0 Å². The summed E-state index contributed by atoms with van der Waals surface area (Å²) in [5.74, 6) is -0.303. The van der Waals surface area contributed by atoms with E-state index in [1.807, 2.05) is 0 Å². The van der Waals surface area contributed by atoms with Crippen LogP contribution >= 0.6 is 0 Å². The predicted octanol–water partition coefficient (Wildman–Crippen LogP) is -0.414. The third-order valence-electron chi connectivity index (χ3n) is 3.72. The molecule has 0 unspecified atom stereocenters. The van der Waals surface area contributed by atoms with Crippen LogP contribution in [0.5, 0.6) is 0 Å². The highest BCUT2D eigenvalue weighted by molar-refractivity contribution is 5.81. The summed E-state index contributed by atoms with van der Waals surface area (Å²) in [6, 6.07) is 0. The smallest absolute Gasteiger partial charge is 0.167 e. The van der Waals surface area contributed by atoms with Gasteiger partial charge in [0.15, 0.2) is 17.7 Å². The van der Waals surface area contributed by atoms with Gasteiger partial charge in [-0.15, -0.1) is 0 Å². The van der Waals surface area contributed by atoms with Crippen molar-refractivity contribution in [1.82, 2.24) is 19.5 Å². The van der Waals surface area contributed by atoms with E-state index in [1.54, 1.807) is 0 Å². The standard InChI is InChI=1S/C11H14N8O3/c12-9-7-10(15-3-14-9)19(4-16-7)11-8(21)5(1-17-18-13)6(2-20)22-11/h3-6,8,11,20-21H,1-2H2,(H2,12,14,15)/t5-,6-,8-,11-/m1/s1. The van der Waals surface area contributed by atoms with Crippen LogP contribution in [0.1, 0.15) is 6.23 Å². The Morgan fingerprint density at radius 1 is 1.45 bits per heavy atom. The molecule has 3 heterocycles. The fraction of sp³-hybridized carbons (Fsp3) is 0.545. The lowest BCUT2D eigenvalue weighted by Crippen LogP contribution is -2.30. The third-order valence-corrected chi connectivity index (χ3v) is 3.72. The summed E-state index contributed by atoms with van der Waals surface area (Å²) in [7, 11) is 0. The number of nitrogens with zero attached hydrogens (tertiary/aromatic N) is 7. The van der Waals surface area contributed by atoms with Gasteiger partial charge < -0.3 is 20.7 Å². The van der Waals surface area contributed by atoms with Crippen LogP contribution in [0.25, 0.3) is 21.6 Å². The number of fused-ring (bicyclic) bond motifs is 1. The van der Waals surface area contributed by atoms with Crippen molar-refractivity contribution in [2.45, 2.75) is 18.4 Å². The first-order valence-electron chi connectivity index (χ1n) is 6.55. The van der Waals surface area contributed by atoms with Gasteiger partial charge in [-0.05, 0) is 5.53 Å². The van der Waals surface area contributed by atoms with Crippen LogP contribution in [0.15, 0.2) is 17.8 Å². The molecule has 116 valence electrons. The predicted molar refractivity (Wildman–Crippen MR) is 74.2 cm³/mol. The Morgan fingerprint density at radius 2 is 2.27 bits per heavy atom. The zero-order chi connectivity index (χ0) is 15.7. The lowest BCUT2D eigenvalue weighted by Gasteiger charge is -2.17. The highest BCUT2D eigenvalue weighted by Crippen LogP contribution is 2.35. The van der Waals surface area contributed by atoms with Gasteiger partial charge in [-0.3, -0.25) is 4.57 Å². The number of nitrogens with two attached hydrogens (primary N) is 1. The molecule has 4 N–H and O–H groups in total. The normalized spacial score (nSPS) is 27.9. The maximum atomic E-state index is 10.4. The zero-order valence-corrected chi connectivity index (χ0v) is 11.4. The van der Waals surface area contributed by atoms with Gasteiger partial charge in [-0.1, -0.05) is 5.11 Å². The monoisotopic (exact) mass is 306 g/mol. The van der Waals surface area contributed by atoms with Crippen molar-refractivity contribution in [3.63, 3.8) is 0 Å². The molecule has 1 aliphatic heterocycles. The number of azide groups is 1. The Hall–Kier alpha value is -2.46. The van der Waals surface area contributed by atoms with E-state index in [9.17, 15) is 10.2 Å². The molecule has 22 heavy (non-hydrogen) atoms. The Labute approximate surface area is 124 Å². The minimum absolute atomic E-state index is 0.0170. The quantitative estimate of drug-likeness (QED) is 0.391. The molecule has 11 nitrogen and oxygen atoms in total. The molecule has 0 saturated carbocycles. The highest BCUT2D eigenvalue weighted by atomic mass is 16.5. The third kappa shape index (κ3) is 2.22. The van der Waals surface area contributed by atoms with Crippen molar-refractivity contribution < 1.29 is 14.9 Å². The molecule has 0 bridgehead atoms. The van der Waals surface area contributed by atoms with Gasteiger partial charge in [-0.2, -0.15) is 0 Å². The highest BCUT2D eigenvalue weighted by Gasteiger charge is 2.44. The van der Waals surface area contributed by atoms with Crippen LogP contribution in [0, 0.1) is 5.92 Å². The topological polar surface area (TPSA) is 168 Å². The molecular formula is C11H14N8O3. The second kappa shape index (κ2) is 5.73. The average molecular weight is 306 g/mol. The van der Waals surface area contributed by atoms with Gasteiger partial charge in [0.1, 0.15) is 17.9 Å². The van der Waals surface area contributed by atoms with E-state index in [4.69, 9.17) is 16.0 Å². The number of hydrogen-bond acceptors (Lipinski definition) is 8. The summed E-state index contributed by atoms with van der Waals surface area (Å²) < 4.78 is 7.19. The van der Waals surface area contributed by atoms with E-state index < -0.39 is 24.4 Å². The van der Waals surface area contributed by atoms with Crippen LogP contribution in [-0.4, -0.2) is 55.1 Å². The minimum atomic E-state index is -0.990. The number of aromatic nitrogens is 4. The van der Waals surface area contributed by atoms with E-state index in [-0.39, 0.29) is 19.0 Å². The molecule has 1 saturated heterocycles. The number of nitrogen functional groups attached to an aromatic ring is 1. The molecule has 4 atom stereocenters. The van der Waals surface area contributed by atoms with Crippen LogP contribution in [0.2, 0.25) is 0 Å². The van der Waals surface area contributed by atoms with Gasteiger partial charge in [0.05, 0.1) is 19.0 Å². The van der Waals surface area contributed by atoms with Crippen molar-refractivity contribution in [2.24, 2.45) is 11.0 Å². The second-order valence-corrected chi connectivity index (χ2v) is 4.90. The number of anilines is 1. The molecule has 1 aliphatic rings. The first kappa shape index (κ1) is 14.5. The van der Waals surface area contributed by atoms with Crippen molar-refractivity contribution in [2.75, 3.05) is 18.9 Å². The molecule has 3 rings (SSSR count). The summed E-state index contributed by atoms with van der Waals surface area (Å²) in [6.45, 7) is -0.286. The number of aliphatic hydroxyl groups excluding tert-OH is 2. The summed E-state index contributed by atoms with van der Waals surface area (Å²) in [4.78, 5) is 14.7. The Kier molecular flexibility index (Phi) is 3.77. The number of ether oxygens (including phenoxy) is 1. The van der Waals surface area contributed by atoms with E-state index in [0.29, 0.717) is 11.2 Å². The molecule has 0 amide bonds. The molecule has 0 aromatic carbocycles. The van der Waals surface area contributed by atoms with Crippen molar-refractivity contribution in [3.05, 3.63) is 23.1 Å². The molecular weight excluding hydrogens is 292 g/mol. The van der Waals surface area contributed by atoms with E-state index in [2.05, 4.69) is 25.0 Å². The van der Waals surface area contributed by atoms with Crippen LogP contribution in [0.4, 0.5) is 5.82 Å². The maximum absolute atomic E-state index is 10.4. The average Bonchev–Trinajstić information content (AvgIpc) is 3.07.